The molecule has 1 rings (SSSR count). The van der Waals surface area contributed by atoms with Crippen LogP contribution in [0.4, 0.5) is 0 Å². The number of likely N-dealkylation sites (N-methyl/N-ethyl adjacent to an activating group) is 1. The van der Waals surface area contributed by atoms with Crippen LogP contribution in [-0.4, -0.2) is 67.3 Å². The summed E-state index contributed by atoms with van der Waals surface area (Å²) in [6.07, 6.45) is 1.72. The number of aliphatic hydroxyl groups is 1. The van der Waals surface area contributed by atoms with Gasteiger partial charge in [-0.15, -0.1) is 0 Å². The molecule has 0 aromatic heterocycles. The van der Waals surface area contributed by atoms with Gasteiger partial charge in [-0.2, -0.15) is 0 Å². The van der Waals surface area contributed by atoms with Gasteiger partial charge in [0.1, 0.15) is 0 Å². The summed E-state index contributed by atoms with van der Waals surface area (Å²) in [5, 5.41) is 9.33. The number of hydrogen-bond donors (Lipinski definition) is 2. The molecule has 0 spiro atoms. The summed E-state index contributed by atoms with van der Waals surface area (Å²) in [7, 11) is 4.26. The molecular formula is C10H23N3O. The highest BCUT2D eigenvalue weighted by Gasteiger charge is 2.23. The van der Waals surface area contributed by atoms with E-state index in [1.165, 1.54) is 6.42 Å². The Morgan fingerprint density at radius 3 is 2.79 bits per heavy atom. The Labute approximate surface area is 86.7 Å². The average Bonchev–Trinajstić information content (AvgIpc) is 2.62. The molecular weight excluding hydrogens is 178 g/mol. The zero-order valence-corrected chi connectivity index (χ0v) is 9.32. The molecule has 0 aromatic rings. The van der Waals surface area contributed by atoms with Gasteiger partial charge < -0.3 is 20.6 Å². The molecule has 0 aliphatic carbocycles. The van der Waals surface area contributed by atoms with Crippen molar-refractivity contribution in [2.45, 2.75) is 25.0 Å². The fraction of sp³-hybridized carbons (Fsp3) is 1.00. The van der Waals surface area contributed by atoms with Gasteiger partial charge in [0.2, 0.25) is 0 Å². The summed E-state index contributed by atoms with van der Waals surface area (Å²) in [5.74, 6) is 0. The Bertz CT molecular complexity index is 163. The van der Waals surface area contributed by atoms with E-state index < -0.39 is 0 Å². The van der Waals surface area contributed by atoms with Crippen LogP contribution < -0.4 is 5.73 Å². The minimum absolute atomic E-state index is 0.326. The van der Waals surface area contributed by atoms with E-state index in [4.69, 9.17) is 5.73 Å². The monoisotopic (exact) mass is 201 g/mol. The lowest BCUT2D eigenvalue weighted by Gasteiger charge is -2.20. The van der Waals surface area contributed by atoms with Gasteiger partial charge in [0.15, 0.2) is 0 Å². The molecule has 14 heavy (non-hydrogen) atoms. The first-order chi connectivity index (χ1) is 6.63. The zero-order chi connectivity index (χ0) is 10.6. The summed E-state index contributed by atoms with van der Waals surface area (Å²) in [6.45, 7) is 3.64. The molecule has 4 nitrogen and oxygen atoms in total. The van der Waals surface area contributed by atoms with Crippen molar-refractivity contribution >= 4 is 0 Å². The van der Waals surface area contributed by atoms with Crippen LogP contribution in [0.5, 0.6) is 0 Å². The number of hydrogen-bond acceptors (Lipinski definition) is 4. The molecule has 1 heterocycles. The quantitative estimate of drug-likeness (QED) is 0.619. The molecule has 1 aliphatic rings. The average molecular weight is 201 g/mol. The summed E-state index contributed by atoms with van der Waals surface area (Å²) in [4.78, 5) is 4.68. The van der Waals surface area contributed by atoms with E-state index in [0.717, 1.165) is 26.1 Å². The van der Waals surface area contributed by atoms with Gasteiger partial charge in [-0.1, -0.05) is 0 Å². The van der Waals surface area contributed by atoms with E-state index >= 15 is 0 Å². The highest BCUT2D eigenvalue weighted by molar-refractivity contribution is 4.80. The standard InChI is InChI=1S/C10H23N3O/c1-12(2)9-3-5-13(8-9)6-4-10(14)7-11/h9-10,14H,3-8,11H2,1-2H3. The first-order valence-corrected chi connectivity index (χ1v) is 5.40. The van der Waals surface area contributed by atoms with Gasteiger partial charge in [-0.05, 0) is 33.5 Å². The lowest BCUT2D eigenvalue weighted by atomic mass is 10.2. The van der Waals surface area contributed by atoms with Crippen LogP contribution in [0.1, 0.15) is 12.8 Å². The van der Waals surface area contributed by atoms with Gasteiger partial charge in [0.25, 0.3) is 0 Å². The normalized spacial score (nSPS) is 25.9. The fourth-order valence-electron chi connectivity index (χ4n) is 1.89. The Balaban J connectivity index is 2.16. The minimum Gasteiger partial charge on any atom is -0.392 e. The van der Waals surface area contributed by atoms with E-state index in [-0.39, 0.29) is 6.10 Å². The molecule has 0 aromatic carbocycles. The first kappa shape index (κ1) is 11.9. The van der Waals surface area contributed by atoms with E-state index in [1.807, 2.05) is 0 Å². The molecule has 4 heteroatoms. The molecule has 0 amide bonds. The zero-order valence-electron chi connectivity index (χ0n) is 9.32. The molecule has 3 N–H and O–H groups in total. The highest BCUT2D eigenvalue weighted by atomic mass is 16.3. The predicted molar refractivity (Wildman–Crippen MR) is 58.2 cm³/mol. The Hall–Kier alpha value is -0.160. The van der Waals surface area contributed by atoms with Gasteiger partial charge in [0, 0.05) is 25.7 Å². The summed E-state index contributed by atoms with van der Waals surface area (Å²) in [5.41, 5.74) is 5.36. The van der Waals surface area contributed by atoms with Crippen molar-refractivity contribution in [3.8, 4) is 0 Å². The number of likely N-dealkylation sites (tertiary alicyclic amines) is 1. The molecule has 84 valence electrons. The third kappa shape index (κ3) is 3.53. The third-order valence-corrected chi connectivity index (χ3v) is 3.03. The van der Waals surface area contributed by atoms with Gasteiger partial charge in [-0.25, -0.2) is 0 Å². The Kier molecular flexibility index (Phi) is 4.81. The SMILES string of the molecule is CN(C)C1CCN(CCC(O)CN)C1. The summed E-state index contributed by atoms with van der Waals surface area (Å²) < 4.78 is 0. The number of aliphatic hydroxyl groups excluding tert-OH is 1. The maximum Gasteiger partial charge on any atom is 0.0674 e. The predicted octanol–water partition coefficient (Wildman–Crippen LogP) is -0.668. The molecule has 1 saturated heterocycles. The van der Waals surface area contributed by atoms with Crippen LogP contribution >= 0.6 is 0 Å². The van der Waals surface area contributed by atoms with Crippen molar-refractivity contribution in [2.24, 2.45) is 5.73 Å². The van der Waals surface area contributed by atoms with Crippen LogP contribution in [0.25, 0.3) is 0 Å². The summed E-state index contributed by atoms with van der Waals surface area (Å²) in [6, 6.07) is 0.685. The van der Waals surface area contributed by atoms with Crippen LogP contribution in [-0.2, 0) is 0 Å². The second-order valence-corrected chi connectivity index (χ2v) is 4.38. The maximum atomic E-state index is 9.33. The molecule has 1 fully saturated rings. The lowest BCUT2D eigenvalue weighted by Crippen LogP contribution is -2.33. The molecule has 0 bridgehead atoms. The van der Waals surface area contributed by atoms with Crippen LogP contribution in [0.3, 0.4) is 0 Å². The topological polar surface area (TPSA) is 52.7 Å². The number of nitrogens with zero attached hydrogens (tertiary/aromatic N) is 2. The second-order valence-electron chi connectivity index (χ2n) is 4.38. The van der Waals surface area contributed by atoms with Gasteiger partial charge in [-0.3, -0.25) is 0 Å². The van der Waals surface area contributed by atoms with Crippen LogP contribution in [0.2, 0.25) is 0 Å². The molecule has 1 aliphatic heterocycles. The van der Waals surface area contributed by atoms with Crippen molar-refractivity contribution in [3.63, 3.8) is 0 Å². The molecule has 0 radical (unpaired) electrons. The lowest BCUT2D eigenvalue weighted by molar-refractivity contribution is 0.151. The van der Waals surface area contributed by atoms with Crippen LogP contribution in [0.15, 0.2) is 0 Å². The second kappa shape index (κ2) is 5.66. The van der Waals surface area contributed by atoms with Crippen molar-refractivity contribution < 1.29 is 5.11 Å². The molecule has 2 unspecified atom stereocenters. The largest absolute Gasteiger partial charge is 0.392 e. The van der Waals surface area contributed by atoms with Crippen molar-refractivity contribution in [1.82, 2.24) is 9.80 Å². The number of nitrogens with two attached hydrogens (primary N) is 1. The minimum atomic E-state index is -0.326. The first-order valence-electron chi connectivity index (χ1n) is 5.40. The van der Waals surface area contributed by atoms with E-state index in [2.05, 4.69) is 23.9 Å². The smallest absolute Gasteiger partial charge is 0.0674 e. The fourth-order valence-corrected chi connectivity index (χ4v) is 1.89. The van der Waals surface area contributed by atoms with Crippen molar-refractivity contribution in [1.29, 1.82) is 0 Å². The third-order valence-electron chi connectivity index (χ3n) is 3.03. The Morgan fingerprint density at radius 1 is 1.57 bits per heavy atom. The summed E-state index contributed by atoms with van der Waals surface area (Å²) >= 11 is 0. The van der Waals surface area contributed by atoms with Crippen LogP contribution in [0, 0.1) is 0 Å². The van der Waals surface area contributed by atoms with Crippen molar-refractivity contribution in [3.05, 3.63) is 0 Å². The van der Waals surface area contributed by atoms with E-state index in [0.29, 0.717) is 12.6 Å². The van der Waals surface area contributed by atoms with E-state index in [9.17, 15) is 5.11 Å². The van der Waals surface area contributed by atoms with Gasteiger partial charge >= 0.3 is 0 Å². The molecule has 2 atom stereocenters. The Morgan fingerprint density at radius 2 is 2.29 bits per heavy atom. The molecule has 0 saturated carbocycles. The highest BCUT2D eigenvalue weighted by Crippen LogP contribution is 2.13. The van der Waals surface area contributed by atoms with E-state index in [1.54, 1.807) is 0 Å². The van der Waals surface area contributed by atoms with Crippen molar-refractivity contribution in [2.75, 3.05) is 40.3 Å². The van der Waals surface area contributed by atoms with Gasteiger partial charge in [0.05, 0.1) is 6.10 Å². The number of rotatable bonds is 5. The maximum absolute atomic E-state index is 9.33.